The van der Waals surface area contributed by atoms with Gasteiger partial charge in [0.15, 0.2) is 0 Å². The minimum absolute atomic E-state index is 0.189. The monoisotopic (exact) mass is 262 g/mol. The average molecular weight is 262 g/mol. The molecule has 0 spiro atoms. The van der Waals surface area contributed by atoms with Crippen molar-refractivity contribution in [1.29, 1.82) is 0 Å². The maximum atomic E-state index is 11.5. The predicted octanol–water partition coefficient (Wildman–Crippen LogP) is 1.82. The van der Waals surface area contributed by atoms with E-state index >= 15 is 0 Å². The Morgan fingerprint density at radius 3 is 2.37 bits per heavy atom. The summed E-state index contributed by atoms with van der Waals surface area (Å²) in [7, 11) is 0. The van der Waals surface area contributed by atoms with Crippen molar-refractivity contribution in [2.45, 2.75) is 32.6 Å². The van der Waals surface area contributed by atoms with Gasteiger partial charge in [0.05, 0.1) is 0 Å². The van der Waals surface area contributed by atoms with Crippen LogP contribution in [0.5, 0.6) is 0 Å². The molecule has 0 saturated heterocycles. The van der Waals surface area contributed by atoms with E-state index in [9.17, 15) is 9.59 Å². The third-order valence-corrected chi connectivity index (χ3v) is 2.96. The first-order valence-corrected chi connectivity index (χ1v) is 6.76. The summed E-state index contributed by atoms with van der Waals surface area (Å²) >= 11 is 0. The number of amides is 2. The molecule has 4 heteroatoms. The topological polar surface area (TPSA) is 58.2 Å². The van der Waals surface area contributed by atoms with Crippen LogP contribution < -0.4 is 10.6 Å². The molecule has 0 aliphatic carbocycles. The van der Waals surface area contributed by atoms with Gasteiger partial charge in [-0.1, -0.05) is 50.6 Å². The number of carbonyl (C=O) groups is 2. The lowest BCUT2D eigenvalue weighted by atomic mass is 10.0. The molecule has 0 aliphatic heterocycles. The van der Waals surface area contributed by atoms with Crippen molar-refractivity contribution in [3.63, 3.8) is 0 Å². The molecule has 0 aliphatic rings. The first-order valence-electron chi connectivity index (χ1n) is 6.76. The molecule has 0 bridgehead atoms. The Hall–Kier alpha value is -1.84. The summed E-state index contributed by atoms with van der Waals surface area (Å²) in [5.41, 5.74) is 1.15. The van der Waals surface area contributed by atoms with E-state index in [1.807, 2.05) is 44.2 Å². The van der Waals surface area contributed by atoms with Crippen LogP contribution >= 0.6 is 0 Å². The Morgan fingerprint density at radius 2 is 1.74 bits per heavy atom. The smallest absolute Gasteiger partial charge is 0.309 e. The van der Waals surface area contributed by atoms with Crippen molar-refractivity contribution in [3.8, 4) is 0 Å². The van der Waals surface area contributed by atoms with E-state index in [-0.39, 0.29) is 5.92 Å². The van der Waals surface area contributed by atoms with Crippen LogP contribution in [0.2, 0.25) is 0 Å². The highest BCUT2D eigenvalue weighted by Gasteiger charge is 2.13. The van der Waals surface area contributed by atoms with Crippen molar-refractivity contribution in [2.75, 3.05) is 13.1 Å². The molecule has 4 nitrogen and oxygen atoms in total. The van der Waals surface area contributed by atoms with Crippen LogP contribution in [0.3, 0.4) is 0 Å². The van der Waals surface area contributed by atoms with Gasteiger partial charge in [-0.05, 0) is 17.9 Å². The third kappa shape index (κ3) is 5.55. The Labute approximate surface area is 114 Å². The van der Waals surface area contributed by atoms with Crippen LogP contribution in [0.1, 0.15) is 38.2 Å². The highest BCUT2D eigenvalue weighted by atomic mass is 16.2. The zero-order chi connectivity index (χ0) is 14.1. The Bertz CT molecular complexity index is 404. The van der Waals surface area contributed by atoms with E-state index < -0.39 is 11.8 Å². The van der Waals surface area contributed by atoms with E-state index in [0.29, 0.717) is 13.1 Å². The van der Waals surface area contributed by atoms with E-state index in [2.05, 4.69) is 10.6 Å². The fourth-order valence-electron chi connectivity index (χ4n) is 1.68. The molecule has 0 unspecified atom stereocenters. The van der Waals surface area contributed by atoms with Crippen molar-refractivity contribution >= 4 is 11.8 Å². The highest BCUT2D eigenvalue weighted by molar-refractivity contribution is 6.35. The zero-order valence-electron chi connectivity index (χ0n) is 11.6. The first kappa shape index (κ1) is 15.2. The van der Waals surface area contributed by atoms with Gasteiger partial charge in [0.2, 0.25) is 0 Å². The van der Waals surface area contributed by atoms with Gasteiger partial charge in [-0.2, -0.15) is 0 Å². The van der Waals surface area contributed by atoms with E-state index in [1.54, 1.807) is 0 Å². The molecule has 0 fully saturated rings. The summed E-state index contributed by atoms with van der Waals surface area (Å²) in [5.74, 6) is -0.916. The molecule has 19 heavy (non-hydrogen) atoms. The van der Waals surface area contributed by atoms with Crippen molar-refractivity contribution in [3.05, 3.63) is 35.9 Å². The molecule has 1 atom stereocenters. The van der Waals surface area contributed by atoms with Gasteiger partial charge in [-0.25, -0.2) is 0 Å². The molecule has 2 amide bonds. The quantitative estimate of drug-likeness (QED) is 0.607. The van der Waals surface area contributed by atoms with Crippen LogP contribution in [0.25, 0.3) is 0 Å². The lowest BCUT2D eigenvalue weighted by Crippen LogP contribution is -2.41. The molecule has 0 saturated carbocycles. The standard InChI is InChI=1S/C15H22N2O2/c1-3-4-10-16-14(18)15(19)17-11-12(2)13-8-6-5-7-9-13/h5-9,12H,3-4,10-11H2,1-2H3,(H,16,18)(H,17,19)/t12-/m1/s1. The summed E-state index contributed by atoms with van der Waals surface area (Å²) < 4.78 is 0. The number of nitrogens with one attached hydrogen (secondary N) is 2. The van der Waals surface area contributed by atoms with Gasteiger partial charge in [0.25, 0.3) is 0 Å². The number of hydrogen-bond donors (Lipinski definition) is 2. The Morgan fingerprint density at radius 1 is 1.11 bits per heavy atom. The van der Waals surface area contributed by atoms with Gasteiger partial charge < -0.3 is 10.6 Å². The van der Waals surface area contributed by atoms with Crippen molar-refractivity contribution in [1.82, 2.24) is 10.6 Å². The fraction of sp³-hybridized carbons (Fsp3) is 0.467. The molecule has 1 rings (SSSR count). The maximum absolute atomic E-state index is 11.5. The van der Waals surface area contributed by atoms with Gasteiger partial charge in [-0.3, -0.25) is 9.59 Å². The number of unbranched alkanes of at least 4 members (excludes halogenated alkanes) is 1. The molecule has 0 aromatic heterocycles. The molecule has 0 radical (unpaired) electrons. The maximum Gasteiger partial charge on any atom is 0.309 e. The second kappa shape index (κ2) is 8.29. The number of carbonyl (C=O) groups excluding carboxylic acids is 2. The second-order valence-corrected chi connectivity index (χ2v) is 4.63. The lowest BCUT2D eigenvalue weighted by molar-refractivity contribution is -0.139. The van der Waals surface area contributed by atoms with E-state index in [1.165, 1.54) is 0 Å². The van der Waals surface area contributed by atoms with E-state index in [0.717, 1.165) is 18.4 Å². The molecule has 2 N–H and O–H groups in total. The second-order valence-electron chi connectivity index (χ2n) is 4.63. The molecule has 1 aromatic carbocycles. The van der Waals surface area contributed by atoms with Gasteiger partial charge >= 0.3 is 11.8 Å². The van der Waals surface area contributed by atoms with E-state index in [4.69, 9.17) is 0 Å². The summed E-state index contributed by atoms with van der Waals surface area (Å²) in [6.07, 6.45) is 1.88. The molecule has 0 heterocycles. The first-order chi connectivity index (χ1) is 9.15. The van der Waals surface area contributed by atoms with Crippen molar-refractivity contribution < 1.29 is 9.59 Å². The highest BCUT2D eigenvalue weighted by Crippen LogP contribution is 2.12. The number of rotatable bonds is 6. The Kier molecular flexibility index (Phi) is 6.64. The van der Waals surface area contributed by atoms with Gasteiger partial charge in [0.1, 0.15) is 0 Å². The summed E-state index contributed by atoms with van der Waals surface area (Å²) in [6, 6.07) is 9.91. The van der Waals surface area contributed by atoms with Crippen LogP contribution in [0.15, 0.2) is 30.3 Å². The van der Waals surface area contributed by atoms with Crippen LogP contribution in [-0.4, -0.2) is 24.9 Å². The number of hydrogen-bond acceptors (Lipinski definition) is 2. The fourth-order valence-corrected chi connectivity index (χ4v) is 1.68. The summed E-state index contributed by atoms with van der Waals surface area (Å²) in [6.45, 7) is 5.07. The largest absolute Gasteiger partial charge is 0.348 e. The lowest BCUT2D eigenvalue weighted by Gasteiger charge is -2.12. The zero-order valence-corrected chi connectivity index (χ0v) is 11.6. The third-order valence-electron chi connectivity index (χ3n) is 2.96. The predicted molar refractivity (Wildman–Crippen MR) is 75.8 cm³/mol. The van der Waals surface area contributed by atoms with Crippen LogP contribution in [-0.2, 0) is 9.59 Å². The normalized spacial score (nSPS) is 11.7. The SMILES string of the molecule is CCCCNC(=O)C(=O)NC[C@@H](C)c1ccccc1. The average Bonchev–Trinajstić information content (AvgIpc) is 2.45. The summed E-state index contributed by atoms with van der Waals surface area (Å²) in [5, 5.41) is 5.25. The van der Waals surface area contributed by atoms with Gasteiger partial charge in [0, 0.05) is 13.1 Å². The Balaban J connectivity index is 2.31. The van der Waals surface area contributed by atoms with Crippen molar-refractivity contribution in [2.24, 2.45) is 0 Å². The van der Waals surface area contributed by atoms with Gasteiger partial charge in [-0.15, -0.1) is 0 Å². The molecule has 1 aromatic rings. The van der Waals surface area contributed by atoms with Crippen LogP contribution in [0, 0.1) is 0 Å². The van der Waals surface area contributed by atoms with Crippen LogP contribution in [0.4, 0.5) is 0 Å². The molecule has 104 valence electrons. The summed E-state index contributed by atoms with van der Waals surface area (Å²) in [4.78, 5) is 23.0. The number of benzene rings is 1. The minimum Gasteiger partial charge on any atom is -0.348 e. The molecular weight excluding hydrogens is 240 g/mol. The minimum atomic E-state index is -0.557. The molecular formula is C15H22N2O2.